The number of rotatable bonds is 9. The average Bonchev–Trinajstić information content (AvgIpc) is 3.38. The van der Waals surface area contributed by atoms with Crippen molar-refractivity contribution >= 4 is 50.6 Å². The highest BCUT2D eigenvalue weighted by Crippen LogP contribution is 2.31. The first-order valence-electron chi connectivity index (χ1n) is 10.3. The second kappa shape index (κ2) is 11.2. The summed E-state index contributed by atoms with van der Waals surface area (Å²) in [6, 6.07) is 5.99. The number of sulfonamides is 1. The third-order valence-corrected chi connectivity index (χ3v) is 8.08. The van der Waals surface area contributed by atoms with Gasteiger partial charge in [0.2, 0.25) is 15.9 Å². The SMILES string of the molecule is N#C[C@@H]1CC(F)(F)CN1C(=O)CNC(=O)c1csc(CSc2ccc(NS(=O)(=O)CC(F)(F)F)cc2)n1. The lowest BCUT2D eigenvalue weighted by Gasteiger charge is -2.19. The summed E-state index contributed by atoms with van der Waals surface area (Å²) in [4.78, 5) is 30.0. The van der Waals surface area contributed by atoms with Crippen molar-refractivity contribution in [1.29, 1.82) is 5.26 Å². The molecule has 0 saturated carbocycles. The van der Waals surface area contributed by atoms with Gasteiger partial charge in [0, 0.05) is 22.4 Å². The summed E-state index contributed by atoms with van der Waals surface area (Å²) >= 11 is 2.42. The van der Waals surface area contributed by atoms with E-state index in [1.165, 1.54) is 41.4 Å². The molecule has 0 unspecified atom stereocenters. The van der Waals surface area contributed by atoms with Crippen LogP contribution in [0, 0.1) is 11.3 Å². The fourth-order valence-electron chi connectivity index (χ4n) is 3.22. The second-order valence-electron chi connectivity index (χ2n) is 7.83. The van der Waals surface area contributed by atoms with Gasteiger partial charge in [-0.2, -0.15) is 18.4 Å². The van der Waals surface area contributed by atoms with Gasteiger partial charge in [-0.1, -0.05) is 0 Å². The van der Waals surface area contributed by atoms with Crippen LogP contribution in [-0.4, -0.2) is 67.1 Å². The Balaban J connectivity index is 1.48. The molecule has 2 heterocycles. The molecule has 1 saturated heterocycles. The fourth-order valence-corrected chi connectivity index (χ4v) is 5.91. The number of thiazole rings is 1. The summed E-state index contributed by atoms with van der Waals surface area (Å²) in [6.07, 6.45) is -5.63. The van der Waals surface area contributed by atoms with Crippen LogP contribution in [0.3, 0.4) is 0 Å². The number of aromatic nitrogens is 1. The van der Waals surface area contributed by atoms with Crippen LogP contribution in [-0.2, 0) is 20.6 Å². The Morgan fingerprint density at radius 3 is 2.57 bits per heavy atom. The van der Waals surface area contributed by atoms with Crippen LogP contribution in [0.4, 0.5) is 27.6 Å². The highest BCUT2D eigenvalue weighted by atomic mass is 32.2. The number of nitriles is 1. The molecule has 9 nitrogen and oxygen atoms in total. The average molecular weight is 584 g/mol. The maximum absolute atomic E-state index is 13.5. The first kappa shape index (κ1) is 28.6. The predicted octanol–water partition coefficient (Wildman–Crippen LogP) is 3.23. The molecule has 37 heavy (non-hydrogen) atoms. The van der Waals surface area contributed by atoms with Crippen molar-refractivity contribution in [1.82, 2.24) is 15.2 Å². The van der Waals surface area contributed by atoms with Gasteiger partial charge in [0.05, 0.1) is 24.9 Å². The van der Waals surface area contributed by atoms with Crippen LogP contribution >= 0.6 is 23.1 Å². The Morgan fingerprint density at radius 2 is 1.95 bits per heavy atom. The van der Waals surface area contributed by atoms with Crippen molar-refractivity contribution in [3.63, 3.8) is 0 Å². The zero-order chi connectivity index (χ0) is 27.4. The first-order valence-corrected chi connectivity index (χ1v) is 13.8. The molecule has 0 aliphatic carbocycles. The minimum atomic E-state index is -4.87. The van der Waals surface area contributed by atoms with Gasteiger partial charge in [-0.05, 0) is 24.3 Å². The lowest BCUT2D eigenvalue weighted by Crippen LogP contribution is -2.43. The molecule has 1 atom stereocenters. The van der Waals surface area contributed by atoms with Crippen LogP contribution in [0.25, 0.3) is 0 Å². The van der Waals surface area contributed by atoms with Gasteiger partial charge < -0.3 is 10.2 Å². The van der Waals surface area contributed by atoms with Gasteiger partial charge in [-0.15, -0.1) is 23.1 Å². The zero-order valence-corrected chi connectivity index (χ0v) is 21.0. The number of hydrogen-bond donors (Lipinski definition) is 2. The number of anilines is 1. The standard InChI is InChI=1S/C20H18F5N5O4S3/c21-19(22)5-13(6-26)30(10-19)17(31)7-27-18(32)15-8-36-16(28-15)9-35-14-3-1-12(2-4-14)29-37(33,34)11-20(23,24)25/h1-4,8,13,29H,5,7,9-11H2,(H,27,32)/t13-/m0/s1. The van der Waals surface area contributed by atoms with Crippen LogP contribution < -0.4 is 10.0 Å². The summed E-state index contributed by atoms with van der Waals surface area (Å²) in [6.45, 7) is -1.47. The van der Waals surface area contributed by atoms with Crippen LogP contribution in [0.15, 0.2) is 34.5 Å². The third kappa shape index (κ3) is 8.54. The van der Waals surface area contributed by atoms with Gasteiger partial charge in [0.15, 0.2) is 5.75 Å². The van der Waals surface area contributed by atoms with Gasteiger partial charge in [-0.3, -0.25) is 14.3 Å². The lowest BCUT2D eigenvalue weighted by atomic mass is 10.2. The monoisotopic (exact) mass is 583 g/mol. The predicted molar refractivity (Wildman–Crippen MR) is 125 cm³/mol. The van der Waals surface area contributed by atoms with E-state index in [4.69, 9.17) is 5.26 Å². The van der Waals surface area contributed by atoms with Crippen LogP contribution in [0.5, 0.6) is 0 Å². The molecule has 2 N–H and O–H groups in total. The summed E-state index contributed by atoms with van der Waals surface area (Å²) in [5.74, 6) is -6.37. The maximum Gasteiger partial charge on any atom is 0.404 e. The lowest BCUT2D eigenvalue weighted by molar-refractivity contribution is -0.131. The molecular weight excluding hydrogens is 565 g/mol. The summed E-state index contributed by atoms with van der Waals surface area (Å²) in [5, 5.41) is 13.2. The van der Waals surface area contributed by atoms with Gasteiger partial charge >= 0.3 is 6.18 Å². The molecule has 2 aromatic rings. The minimum absolute atomic E-state index is 0.00593. The van der Waals surface area contributed by atoms with Crippen molar-refractivity contribution in [2.75, 3.05) is 23.6 Å². The van der Waals surface area contributed by atoms with E-state index in [0.717, 1.165) is 16.2 Å². The molecule has 2 amide bonds. The molecule has 200 valence electrons. The van der Waals surface area contributed by atoms with E-state index < -0.39 is 65.2 Å². The third-order valence-electron chi connectivity index (χ3n) is 4.77. The van der Waals surface area contributed by atoms with Crippen molar-refractivity contribution in [3.8, 4) is 6.07 Å². The number of halogens is 5. The number of nitrogens with one attached hydrogen (secondary N) is 2. The van der Waals surface area contributed by atoms with Gasteiger partial charge in [-0.25, -0.2) is 22.2 Å². The van der Waals surface area contributed by atoms with Gasteiger partial charge in [0.25, 0.3) is 11.8 Å². The number of likely N-dealkylation sites (tertiary alicyclic amines) is 1. The fraction of sp³-hybridized carbons (Fsp3) is 0.400. The zero-order valence-electron chi connectivity index (χ0n) is 18.6. The molecule has 1 aromatic heterocycles. The Kier molecular flexibility index (Phi) is 8.65. The topological polar surface area (TPSA) is 132 Å². The Labute approximate surface area is 216 Å². The highest BCUT2D eigenvalue weighted by Gasteiger charge is 2.47. The van der Waals surface area contributed by atoms with E-state index in [2.05, 4.69) is 10.3 Å². The highest BCUT2D eigenvalue weighted by molar-refractivity contribution is 7.98. The maximum atomic E-state index is 13.5. The molecule has 1 aliphatic heterocycles. The molecular formula is C20H18F5N5O4S3. The smallest absolute Gasteiger partial charge is 0.342 e. The number of carbonyl (C=O) groups excluding carboxylic acids is 2. The number of benzene rings is 1. The molecule has 0 radical (unpaired) electrons. The van der Waals surface area contributed by atoms with E-state index in [1.54, 1.807) is 6.07 Å². The quantitative estimate of drug-likeness (QED) is 0.342. The molecule has 1 aliphatic rings. The van der Waals surface area contributed by atoms with Crippen molar-refractivity contribution < 1.29 is 40.0 Å². The molecule has 17 heteroatoms. The number of hydrogen-bond acceptors (Lipinski definition) is 8. The molecule has 1 fully saturated rings. The van der Waals surface area contributed by atoms with E-state index in [1.807, 2.05) is 4.72 Å². The number of alkyl halides is 5. The van der Waals surface area contributed by atoms with Gasteiger partial charge in [0.1, 0.15) is 16.7 Å². The van der Waals surface area contributed by atoms with E-state index in [9.17, 15) is 40.0 Å². The number of amides is 2. The van der Waals surface area contributed by atoms with Crippen molar-refractivity contribution in [2.24, 2.45) is 0 Å². The van der Waals surface area contributed by atoms with E-state index >= 15 is 0 Å². The summed E-state index contributed by atoms with van der Waals surface area (Å²) in [7, 11) is -4.59. The first-order chi connectivity index (χ1) is 17.2. The Bertz CT molecular complexity index is 1290. The number of nitrogens with zero attached hydrogens (tertiary/aromatic N) is 3. The largest absolute Gasteiger partial charge is 0.404 e. The molecule has 1 aromatic carbocycles. The molecule has 0 bridgehead atoms. The summed E-state index contributed by atoms with van der Waals surface area (Å²) in [5.41, 5.74) is -0.0264. The Hall–Kier alpha value is -2.97. The minimum Gasteiger partial charge on any atom is -0.342 e. The van der Waals surface area contributed by atoms with E-state index in [-0.39, 0.29) is 11.4 Å². The van der Waals surface area contributed by atoms with Crippen LogP contribution in [0.2, 0.25) is 0 Å². The van der Waals surface area contributed by atoms with Crippen LogP contribution in [0.1, 0.15) is 21.9 Å². The Morgan fingerprint density at radius 1 is 1.27 bits per heavy atom. The normalized spacial score (nSPS) is 17.3. The second-order valence-corrected chi connectivity index (χ2v) is 11.5. The molecule has 3 rings (SSSR count). The van der Waals surface area contributed by atoms with E-state index in [0.29, 0.717) is 15.7 Å². The summed E-state index contributed by atoms with van der Waals surface area (Å²) < 4.78 is 88.8. The number of thioether (sulfide) groups is 1. The molecule has 0 spiro atoms. The van der Waals surface area contributed by atoms with Crippen molar-refractivity contribution in [2.45, 2.75) is 35.2 Å². The van der Waals surface area contributed by atoms with Crippen molar-refractivity contribution in [3.05, 3.63) is 40.3 Å². The number of carbonyl (C=O) groups is 2.